The smallest absolute Gasteiger partial charge is 0.308 e. The summed E-state index contributed by atoms with van der Waals surface area (Å²) in [6.07, 6.45) is 5.30. The number of pyridine rings is 1. The lowest BCUT2D eigenvalue weighted by Crippen LogP contribution is -2.20. The Kier molecular flexibility index (Phi) is 5.95. The minimum absolute atomic E-state index is 0.0638. The molecule has 0 aliphatic carbocycles. The molecule has 156 valence electrons. The molecule has 2 amide bonds. The zero-order valence-corrected chi connectivity index (χ0v) is 17.4. The van der Waals surface area contributed by atoms with Crippen LogP contribution in [0.2, 0.25) is 5.02 Å². The highest BCUT2D eigenvalue weighted by Gasteiger charge is 2.15. The molecule has 0 bridgehead atoms. The van der Waals surface area contributed by atoms with Crippen LogP contribution in [0.3, 0.4) is 0 Å². The summed E-state index contributed by atoms with van der Waals surface area (Å²) < 4.78 is 16.3. The molecule has 4 rings (SSSR count). The quantitative estimate of drug-likeness (QED) is 0.399. The van der Waals surface area contributed by atoms with Crippen molar-refractivity contribution in [3.8, 4) is 22.4 Å². The van der Waals surface area contributed by atoms with Gasteiger partial charge in [0.15, 0.2) is 0 Å². The van der Waals surface area contributed by atoms with E-state index in [2.05, 4.69) is 20.7 Å². The number of hydrogen-bond acceptors (Lipinski definition) is 3. The molecule has 4 aromatic rings. The Balaban J connectivity index is 1.63. The number of benzene rings is 2. The maximum absolute atomic E-state index is 14.4. The summed E-state index contributed by atoms with van der Waals surface area (Å²) >= 11 is 5.86. The number of carbonyl (C=O) groups excluding carboxylic acids is 1. The number of anilines is 2. The predicted molar refractivity (Wildman–Crippen MR) is 121 cm³/mol. The van der Waals surface area contributed by atoms with Crippen molar-refractivity contribution in [2.45, 2.75) is 13.5 Å². The van der Waals surface area contributed by atoms with Crippen LogP contribution in [-0.4, -0.2) is 20.8 Å². The van der Waals surface area contributed by atoms with Crippen molar-refractivity contribution < 1.29 is 9.18 Å². The highest BCUT2D eigenvalue weighted by Crippen LogP contribution is 2.33. The fourth-order valence-corrected chi connectivity index (χ4v) is 3.25. The van der Waals surface area contributed by atoms with E-state index in [-0.39, 0.29) is 5.69 Å². The Morgan fingerprint density at radius 1 is 1.03 bits per heavy atom. The van der Waals surface area contributed by atoms with Crippen LogP contribution >= 0.6 is 11.6 Å². The van der Waals surface area contributed by atoms with Crippen molar-refractivity contribution in [3.63, 3.8) is 0 Å². The fourth-order valence-electron chi connectivity index (χ4n) is 3.12. The maximum atomic E-state index is 14.4. The SMILES string of the molecule is CCn1cc(-c2ccc(F)c(NC(=O)Nc3ccc(Cl)cc3)c2)c(-c2ccncc2)n1. The van der Waals surface area contributed by atoms with Gasteiger partial charge in [-0.2, -0.15) is 5.10 Å². The minimum Gasteiger partial charge on any atom is -0.308 e. The largest absolute Gasteiger partial charge is 0.323 e. The Bertz CT molecular complexity index is 1210. The van der Waals surface area contributed by atoms with Gasteiger partial charge in [0.05, 0.1) is 5.69 Å². The molecule has 2 aromatic carbocycles. The number of aryl methyl sites for hydroxylation is 1. The molecule has 6 nitrogen and oxygen atoms in total. The second-order valence-electron chi connectivity index (χ2n) is 6.76. The van der Waals surface area contributed by atoms with Gasteiger partial charge in [-0.15, -0.1) is 0 Å². The molecule has 0 aliphatic heterocycles. The first-order valence-corrected chi connectivity index (χ1v) is 10.0. The zero-order chi connectivity index (χ0) is 21.8. The lowest BCUT2D eigenvalue weighted by atomic mass is 10.0. The third-order valence-electron chi connectivity index (χ3n) is 4.67. The molecule has 0 saturated heterocycles. The van der Waals surface area contributed by atoms with Crippen LogP contribution in [-0.2, 0) is 6.54 Å². The lowest BCUT2D eigenvalue weighted by Gasteiger charge is -2.10. The summed E-state index contributed by atoms with van der Waals surface area (Å²) in [7, 11) is 0. The van der Waals surface area contributed by atoms with Gasteiger partial charge in [-0.05, 0) is 61.0 Å². The average molecular weight is 436 g/mol. The number of nitrogens with one attached hydrogen (secondary N) is 2. The number of halogens is 2. The van der Waals surface area contributed by atoms with Crippen molar-refractivity contribution in [1.29, 1.82) is 0 Å². The summed E-state index contributed by atoms with van der Waals surface area (Å²) in [6.45, 7) is 2.68. The summed E-state index contributed by atoms with van der Waals surface area (Å²) in [5, 5.41) is 10.4. The molecule has 0 saturated carbocycles. The highest BCUT2D eigenvalue weighted by molar-refractivity contribution is 6.30. The second-order valence-corrected chi connectivity index (χ2v) is 7.20. The topological polar surface area (TPSA) is 71.8 Å². The molecule has 0 spiro atoms. The molecule has 31 heavy (non-hydrogen) atoms. The highest BCUT2D eigenvalue weighted by atomic mass is 35.5. The van der Waals surface area contributed by atoms with Gasteiger partial charge in [-0.1, -0.05) is 17.7 Å². The molecule has 2 aromatic heterocycles. The molecule has 0 radical (unpaired) electrons. The molecule has 0 unspecified atom stereocenters. The summed E-state index contributed by atoms with van der Waals surface area (Å²) in [5.41, 5.74) is 3.82. The first-order valence-electron chi connectivity index (χ1n) is 9.65. The van der Waals surface area contributed by atoms with Gasteiger partial charge < -0.3 is 10.6 Å². The standard InChI is InChI=1S/C23H19ClFN5O/c1-2-30-14-19(22(29-30)15-9-11-26-12-10-15)16-3-8-20(25)21(13-16)28-23(31)27-18-6-4-17(24)5-7-18/h3-14H,2H2,1H3,(H2,27,28,31). The number of nitrogens with zero attached hydrogens (tertiary/aromatic N) is 3. The maximum Gasteiger partial charge on any atom is 0.323 e. The molecule has 0 fully saturated rings. The van der Waals surface area contributed by atoms with E-state index in [0.29, 0.717) is 17.3 Å². The Morgan fingerprint density at radius 3 is 2.48 bits per heavy atom. The summed E-state index contributed by atoms with van der Waals surface area (Å²) in [6, 6.07) is 14.4. The number of amides is 2. The van der Waals surface area contributed by atoms with Crippen LogP contribution in [0.5, 0.6) is 0 Å². The minimum atomic E-state index is -0.558. The normalized spacial score (nSPS) is 10.7. The van der Waals surface area contributed by atoms with Gasteiger partial charge in [-0.25, -0.2) is 9.18 Å². The number of rotatable bonds is 5. The average Bonchev–Trinajstić information content (AvgIpc) is 3.22. The summed E-state index contributed by atoms with van der Waals surface area (Å²) in [4.78, 5) is 16.4. The Hall–Kier alpha value is -3.71. The second kappa shape index (κ2) is 8.97. The van der Waals surface area contributed by atoms with Crippen molar-refractivity contribution in [2.75, 3.05) is 10.6 Å². The van der Waals surface area contributed by atoms with Crippen molar-refractivity contribution >= 4 is 29.0 Å². The van der Waals surface area contributed by atoms with Gasteiger partial charge in [0.2, 0.25) is 0 Å². The van der Waals surface area contributed by atoms with Crippen LogP contribution in [0.4, 0.5) is 20.6 Å². The van der Waals surface area contributed by atoms with Crippen molar-refractivity contribution in [2.24, 2.45) is 0 Å². The van der Waals surface area contributed by atoms with Gasteiger partial charge in [-0.3, -0.25) is 9.67 Å². The van der Waals surface area contributed by atoms with E-state index in [0.717, 1.165) is 22.4 Å². The van der Waals surface area contributed by atoms with E-state index < -0.39 is 11.8 Å². The van der Waals surface area contributed by atoms with Crippen LogP contribution in [0.25, 0.3) is 22.4 Å². The van der Waals surface area contributed by atoms with E-state index in [1.54, 1.807) is 48.8 Å². The third kappa shape index (κ3) is 4.73. The molecule has 8 heteroatoms. The Labute approximate surface area is 183 Å². The van der Waals surface area contributed by atoms with Crippen LogP contribution < -0.4 is 10.6 Å². The van der Waals surface area contributed by atoms with Crippen molar-refractivity contribution in [3.05, 3.63) is 84.0 Å². The molecular weight excluding hydrogens is 417 g/mol. The van der Waals surface area contributed by atoms with Gasteiger partial charge in [0.1, 0.15) is 11.5 Å². The Morgan fingerprint density at radius 2 is 1.77 bits per heavy atom. The number of urea groups is 1. The van der Waals surface area contributed by atoms with E-state index in [1.165, 1.54) is 6.07 Å². The molecule has 0 aliphatic rings. The van der Waals surface area contributed by atoms with Gasteiger partial charge >= 0.3 is 6.03 Å². The van der Waals surface area contributed by atoms with E-state index >= 15 is 0 Å². The van der Waals surface area contributed by atoms with Gasteiger partial charge in [0, 0.05) is 47.0 Å². The van der Waals surface area contributed by atoms with E-state index in [1.807, 2.05) is 29.9 Å². The predicted octanol–water partition coefficient (Wildman–Crippen LogP) is 6.07. The molecule has 2 N–H and O–H groups in total. The zero-order valence-electron chi connectivity index (χ0n) is 16.6. The van der Waals surface area contributed by atoms with E-state index in [9.17, 15) is 9.18 Å². The first kappa shape index (κ1) is 20.6. The lowest BCUT2D eigenvalue weighted by molar-refractivity contribution is 0.262. The van der Waals surface area contributed by atoms with Gasteiger partial charge in [0.25, 0.3) is 0 Å². The summed E-state index contributed by atoms with van der Waals surface area (Å²) in [5.74, 6) is -0.539. The molecule has 2 heterocycles. The number of hydrogen-bond donors (Lipinski definition) is 2. The molecule has 0 atom stereocenters. The first-order chi connectivity index (χ1) is 15.0. The van der Waals surface area contributed by atoms with Crippen molar-refractivity contribution in [1.82, 2.24) is 14.8 Å². The number of aromatic nitrogens is 3. The van der Waals surface area contributed by atoms with E-state index in [4.69, 9.17) is 11.6 Å². The number of carbonyl (C=O) groups is 1. The van der Waals surface area contributed by atoms with Crippen LogP contribution in [0.15, 0.2) is 73.2 Å². The van der Waals surface area contributed by atoms with Crippen LogP contribution in [0.1, 0.15) is 6.92 Å². The fraction of sp³-hybridized carbons (Fsp3) is 0.0870. The van der Waals surface area contributed by atoms with Crippen LogP contribution in [0, 0.1) is 5.82 Å². The third-order valence-corrected chi connectivity index (χ3v) is 4.92. The monoisotopic (exact) mass is 435 g/mol. The molecular formula is C23H19ClFN5O.